The molecule has 1 nitrogen and oxygen atoms in total. The molecule has 0 spiro atoms. The van der Waals surface area contributed by atoms with Crippen LogP contribution in [0.25, 0.3) is 0 Å². The fraction of sp³-hybridized carbons (Fsp3) is 1.00. The first-order valence-electron chi connectivity index (χ1n) is 4.13. The smallest absolute Gasteiger partial charge is 0.00699 e. The third kappa shape index (κ3) is 1.17. The molecule has 0 bridgehead atoms. The van der Waals surface area contributed by atoms with Crippen molar-refractivity contribution < 1.29 is 0 Å². The summed E-state index contributed by atoms with van der Waals surface area (Å²) in [6.45, 7) is 0. The Morgan fingerprint density at radius 2 is 1.80 bits per heavy atom. The van der Waals surface area contributed by atoms with E-state index >= 15 is 0 Å². The van der Waals surface area contributed by atoms with E-state index in [1.165, 1.54) is 32.1 Å². The highest BCUT2D eigenvalue weighted by molar-refractivity contribution is 5.85. The molecule has 0 aromatic rings. The molecule has 2 N–H and O–H groups in total. The molecule has 0 aliphatic heterocycles. The lowest BCUT2D eigenvalue weighted by Gasteiger charge is -2.11. The number of halogens is 1. The van der Waals surface area contributed by atoms with Crippen LogP contribution in [0.5, 0.6) is 0 Å². The standard InChI is InChI=1S/C8H15N.ClH/c9-8-5-4-6-2-1-3-7(6)8;/h6-8H,1-5,9H2;1H/t6-,7-,8-;/m0./s1. The Bertz CT molecular complexity index is 116. The van der Waals surface area contributed by atoms with Crippen LogP contribution in [0.3, 0.4) is 0 Å². The monoisotopic (exact) mass is 161 g/mol. The zero-order valence-corrected chi connectivity index (χ0v) is 7.07. The highest BCUT2D eigenvalue weighted by Gasteiger charge is 2.36. The van der Waals surface area contributed by atoms with Crippen LogP contribution in [0.2, 0.25) is 0 Å². The van der Waals surface area contributed by atoms with Crippen molar-refractivity contribution in [3.63, 3.8) is 0 Å². The minimum absolute atomic E-state index is 0. The van der Waals surface area contributed by atoms with E-state index in [-0.39, 0.29) is 12.4 Å². The largest absolute Gasteiger partial charge is 0.327 e. The molecule has 2 heteroatoms. The molecule has 3 atom stereocenters. The molecule has 2 rings (SSSR count). The molecule has 0 aromatic carbocycles. The molecule has 2 fully saturated rings. The molecular weight excluding hydrogens is 146 g/mol. The lowest BCUT2D eigenvalue weighted by molar-refractivity contribution is 0.421. The van der Waals surface area contributed by atoms with Gasteiger partial charge in [-0.1, -0.05) is 12.8 Å². The van der Waals surface area contributed by atoms with Crippen LogP contribution in [-0.4, -0.2) is 6.04 Å². The van der Waals surface area contributed by atoms with Gasteiger partial charge in [0.05, 0.1) is 0 Å². The fourth-order valence-electron chi connectivity index (χ4n) is 2.61. The molecule has 0 amide bonds. The van der Waals surface area contributed by atoms with Crippen molar-refractivity contribution in [3.8, 4) is 0 Å². The maximum absolute atomic E-state index is 5.92. The van der Waals surface area contributed by atoms with Gasteiger partial charge < -0.3 is 5.73 Å². The van der Waals surface area contributed by atoms with Gasteiger partial charge in [-0.15, -0.1) is 12.4 Å². The highest BCUT2D eigenvalue weighted by atomic mass is 35.5. The van der Waals surface area contributed by atoms with E-state index in [0.717, 1.165) is 11.8 Å². The normalized spacial score (nSPS) is 44.7. The van der Waals surface area contributed by atoms with E-state index in [9.17, 15) is 0 Å². The molecule has 0 radical (unpaired) electrons. The summed E-state index contributed by atoms with van der Waals surface area (Å²) in [5.41, 5.74) is 5.92. The molecule has 2 aliphatic rings. The van der Waals surface area contributed by atoms with E-state index in [1.54, 1.807) is 0 Å². The first-order valence-corrected chi connectivity index (χ1v) is 4.13. The van der Waals surface area contributed by atoms with Crippen molar-refractivity contribution in [2.45, 2.75) is 38.1 Å². The van der Waals surface area contributed by atoms with Gasteiger partial charge in [0, 0.05) is 6.04 Å². The Hall–Kier alpha value is 0.250. The number of fused-ring (bicyclic) bond motifs is 1. The fourth-order valence-corrected chi connectivity index (χ4v) is 2.61. The Kier molecular flexibility index (Phi) is 2.59. The van der Waals surface area contributed by atoms with Crippen LogP contribution < -0.4 is 5.73 Å². The van der Waals surface area contributed by atoms with Gasteiger partial charge in [0.2, 0.25) is 0 Å². The average Bonchev–Trinajstić information content (AvgIpc) is 2.35. The molecular formula is C8H16ClN. The summed E-state index contributed by atoms with van der Waals surface area (Å²) in [5, 5.41) is 0. The number of hydrogen-bond acceptors (Lipinski definition) is 1. The topological polar surface area (TPSA) is 26.0 Å². The van der Waals surface area contributed by atoms with Gasteiger partial charge in [-0.2, -0.15) is 0 Å². The third-order valence-electron chi connectivity index (χ3n) is 3.14. The molecule has 10 heavy (non-hydrogen) atoms. The second-order valence-corrected chi connectivity index (χ2v) is 3.60. The highest BCUT2D eigenvalue weighted by Crippen LogP contribution is 2.42. The maximum atomic E-state index is 5.92. The summed E-state index contributed by atoms with van der Waals surface area (Å²) in [4.78, 5) is 0. The average molecular weight is 162 g/mol. The van der Waals surface area contributed by atoms with Crippen LogP contribution in [0.4, 0.5) is 0 Å². The Morgan fingerprint density at radius 1 is 1.00 bits per heavy atom. The second kappa shape index (κ2) is 3.10. The van der Waals surface area contributed by atoms with E-state index in [4.69, 9.17) is 5.73 Å². The van der Waals surface area contributed by atoms with Crippen molar-refractivity contribution in [1.82, 2.24) is 0 Å². The van der Waals surface area contributed by atoms with Crippen molar-refractivity contribution in [2.24, 2.45) is 17.6 Å². The third-order valence-corrected chi connectivity index (χ3v) is 3.14. The van der Waals surface area contributed by atoms with Gasteiger partial charge in [-0.25, -0.2) is 0 Å². The Morgan fingerprint density at radius 3 is 2.50 bits per heavy atom. The number of hydrogen-bond donors (Lipinski definition) is 1. The van der Waals surface area contributed by atoms with E-state index in [2.05, 4.69) is 0 Å². The van der Waals surface area contributed by atoms with Crippen molar-refractivity contribution in [2.75, 3.05) is 0 Å². The number of rotatable bonds is 0. The summed E-state index contributed by atoms with van der Waals surface area (Å²) in [6.07, 6.45) is 7.06. The Labute approximate surface area is 68.8 Å². The van der Waals surface area contributed by atoms with Gasteiger partial charge in [-0.3, -0.25) is 0 Å². The minimum atomic E-state index is 0. The van der Waals surface area contributed by atoms with Gasteiger partial charge in [0.25, 0.3) is 0 Å². The quantitative estimate of drug-likeness (QED) is 0.578. The predicted molar refractivity (Wildman–Crippen MR) is 45.3 cm³/mol. The van der Waals surface area contributed by atoms with E-state index in [1.807, 2.05) is 0 Å². The number of nitrogens with two attached hydrogens (primary N) is 1. The van der Waals surface area contributed by atoms with Crippen molar-refractivity contribution in [1.29, 1.82) is 0 Å². The maximum Gasteiger partial charge on any atom is 0.00699 e. The molecule has 0 saturated heterocycles. The predicted octanol–water partition coefficient (Wildman–Crippen LogP) is 1.95. The van der Waals surface area contributed by atoms with Gasteiger partial charge in [0.15, 0.2) is 0 Å². The second-order valence-electron chi connectivity index (χ2n) is 3.60. The van der Waals surface area contributed by atoms with E-state index < -0.39 is 0 Å². The minimum Gasteiger partial charge on any atom is -0.327 e. The lowest BCUT2D eigenvalue weighted by atomic mass is 9.98. The summed E-state index contributed by atoms with van der Waals surface area (Å²) >= 11 is 0. The summed E-state index contributed by atoms with van der Waals surface area (Å²) < 4.78 is 0. The summed E-state index contributed by atoms with van der Waals surface area (Å²) in [6, 6.07) is 0.567. The Balaban J connectivity index is 0.000000500. The lowest BCUT2D eigenvalue weighted by Crippen LogP contribution is -2.24. The van der Waals surface area contributed by atoms with Crippen LogP contribution in [-0.2, 0) is 0 Å². The molecule has 0 aromatic heterocycles. The molecule has 0 heterocycles. The summed E-state index contributed by atoms with van der Waals surface area (Å²) in [7, 11) is 0. The van der Waals surface area contributed by atoms with Gasteiger partial charge >= 0.3 is 0 Å². The van der Waals surface area contributed by atoms with Crippen LogP contribution in [0.15, 0.2) is 0 Å². The van der Waals surface area contributed by atoms with Gasteiger partial charge in [-0.05, 0) is 31.1 Å². The molecule has 60 valence electrons. The molecule has 0 unspecified atom stereocenters. The SMILES string of the molecule is Cl.N[C@H]1CC[C@@H]2CCC[C@@H]21. The van der Waals surface area contributed by atoms with Crippen LogP contribution in [0.1, 0.15) is 32.1 Å². The summed E-state index contributed by atoms with van der Waals surface area (Å²) in [5.74, 6) is 1.95. The first kappa shape index (κ1) is 8.35. The van der Waals surface area contributed by atoms with Crippen molar-refractivity contribution >= 4 is 12.4 Å². The van der Waals surface area contributed by atoms with Gasteiger partial charge in [0.1, 0.15) is 0 Å². The zero-order chi connectivity index (χ0) is 6.27. The zero-order valence-electron chi connectivity index (χ0n) is 6.25. The van der Waals surface area contributed by atoms with E-state index in [0.29, 0.717) is 6.04 Å². The van der Waals surface area contributed by atoms with Crippen LogP contribution in [0, 0.1) is 11.8 Å². The molecule has 2 saturated carbocycles. The van der Waals surface area contributed by atoms with Crippen molar-refractivity contribution in [3.05, 3.63) is 0 Å². The molecule has 2 aliphatic carbocycles. The first-order chi connectivity index (χ1) is 4.38. The van der Waals surface area contributed by atoms with Crippen LogP contribution >= 0.6 is 12.4 Å².